The lowest BCUT2D eigenvalue weighted by molar-refractivity contribution is 0.809. The summed E-state index contributed by atoms with van der Waals surface area (Å²) < 4.78 is 2.18. The Bertz CT molecular complexity index is 886. The van der Waals surface area contributed by atoms with Gasteiger partial charge in [0.25, 0.3) is 0 Å². The number of fused-ring (bicyclic) bond motifs is 1. The number of nitrogens with one attached hydrogen (secondary N) is 1. The summed E-state index contributed by atoms with van der Waals surface area (Å²) in [5.74, 6) is 0.889. The molecular weight excluding hydrogens is 294 g/mol. The summed E-state index contributed by atoms with van der Waals surface area (Å²) in [6.07, 6.45) is 2.07. The quantitative estimate of drug-likeness (QED) is 0.583. The molecule has 0 saturated heterocycles. The summed E-state index contributed by atoms with van der Waals surface area (Å²) in [5, 5.41) is 0.758. The zero-order valence-electron chi connectivity index (χ0n) is 11.8. The molecule has 0 fully saturated rings. The standard InChI is InChI=1S/C18H14ClN3/c19-14-9-7-13(8-10-14)12-22-11-3-6-17(22)18-20-15-4-1-2-5-16(15)21-18/h1-11H,12H2,(H,20,21). The van der Waals surface area contributed by atoms with Gasteiger partial charge in [0.05, 0.1) is 16.7 Å². The van der Waals surface area contributed by atoms with Crippen LogP contribution in [0.1, 0.15) is 5.56 Å². The van der Waals surface area contributed by atoms with Gasteiger partial charge in [-0.25, -0.2) is 4.98 Å². The third-order valence-electron chi connectivity index (χ3n) is 3.73. The molecule has 3 nitrogen and oxygen atoms in total. The van der Waals surface area contributed by atoms with E-state index in [1.54, 1.807) is 0 Å². The van der Waals surface area contributed by atoms with Crippen molar-refractivity contribution in [1.29, 1.82) is 0 Å². The first-order valence-electron chi connectivity index (χ1n) is 7.14. The lowest BCUT2D eigenvalue weighted by Crippen LogP contribution is -2.00. The zero-order chi connectivity index (χ0) is 14.9. The van der Waals surface area contributed by atoms with Crippen molar-refractivity contribution < 1.29 is 0 Å². The van der Waals surface area contributed by atoms with E-state index in [-0.39, 0.29) is 0 Å². The van der Waals surface area contributed by atoms with E-state index < -0.39 is 0 Å². The number of rotatable bonds is 3. The van der Waals surface area contributed by atoms with Crippen LogP contribution in [0.3, 0.4) is 0 Å². The van der Waals surface area contributed by atoms with Gasteiger partial charge in [-0.15, -0.1) is 0 Å². The van der Waals surface area contributed by atoms with Gasteiger partial charge in [-0.3, -0.25) is 0 Å². The maximum Gasteiger partial charge on any atom is 0.155 e. The number of aromatic amines is 1. The van der Waals surface area contributed by atoms with Gasteiger partial charge in [0.15, 0.2) is 5.82 Å². The first-order chi connectivity index (χ1) is 10.8. The van der Waals surface area contributed by atoms with Gasteiger partial charge >= 0.3 is 0 Å². The van der Waals surface area contributed by atoms with Crippen molar-refractivity contribution in [2.24, 2.45) is 0 Å². The second kappa shape index (κ2) is 5.35. The summed E-state index contributed by atoms with van der Waals surface area (Å²) in [6, 6.07) is 20.1. The van der Waals surface area contributed by atoms with Crippen LogP contribution in [0.4, 0.5) is 0 Å². The highest BCUT2D eigenvalue weighted by Gasteiger charge is 2.09. The molecule has 0 aliphatic rings. The minimum atomic E-state index is 0.758. The van der Waals surface area contributed by atoms with E-state index >= 15 is 0 Å². The van der Waals surface area contributed by atoms with E-state index in [2.05, 4.69) is 26.8 Å². The maximum atomic E-state index is 5.94. The molecule has 0 saturated carbocycles. The Morgan fingerprint density at radius 1 is 0.955 bits per heavy atom. The smallest absolute Gasteiger partial charge is 0.155 e. The van der Waals surface area contributed by atoms with Crippen molar-refractivity contribution in [2.75, 3.05) is 0 Å². The second-order valence-corrected chi connectivity index (χ2v) is 5.69. The number of nitrogens with zero attached hydrogens (tertiary/aromatic N) is 2. The predicted molar refractivity (Wildman–Crippen MR) is 90.1 cm³/mol. The van der Waals surface area contributed by atoms with Crippen LogP contribution in [0.25, 0.3) is 22.6 Å². The third kappa shape index (κ3) is 2.40. The van der Waals surface area contributed by atoms with Crippen molar-refractivity contribution in [3.8, 4) is 11.5 Å². The number of benzene rings is 2. The maximum absolute atomic E-state index is 5.94. The highest BCUT2D eigenvalue weighted by molar-refractivity contribution is 6.30. The van der Waals surface area contributed by atoms with Gasteiger partial charge in [-0.1, -0.05) is 35.9 Å². The molecule has 0 radical (unpaired) electrons. The van der Waals surface area contributed by atoms with Crippen LogP contribution in [0, 0.1) is 0 Å². The molecule has 2 heterocycles. The molecule has 0 unspecified atom stereocenters. The van der Waals surface area contributed by atoms with Crippen LogP contribution < -0.4 is 0 Å². The first kappa shape index (κ1) is 13.2. The van der Waals surface area contributed by atoms with E-state index in [1.165, 1.54) is 5.56 Å². The molecule has 2 aromatic carbocycles. The molecule has 0 amide bonds. The Labute approximate surface area is 133 Å². The Morgan fingerprint density at radius 3 is 2.59 bits per heavy atom. The zero-order valence-corrected chi connectivity index (χ0v) is 12.6. The fourth-order valence-corrected chi connectivity index (χ4v) is 2.75. The molecule has 2 aromatic heterocycles. The van der Waals surface area contributed by atoms with Gasteiger partial charge < -0.3 is 9.55 Å². The third-order valence-corrected chi connectivity index (χ3v) is 3.98. The molecule has 0 aliphatic heterocycles. The van der Waals surface area contributed by atoms with E-state index in [9.17, 15) is 0 Å². The van der Waals surface area contributed by atoms with Crippen LogP contribution >= 0.6 is 11.6 Å². The lowest BCUT2D eigenvalue weighted by atomic mass is 10.2. The normalized spacial score (nSPS) is 11.1. The molecule has 4 rings (SSSR count). The molecule has 0 bridgehead atoms. The summed E-state index contributed by atoms with van der Waals surface area (Å²) in [4.78, 5) is 8.05. The van der Waals surface area contributed by atoms with E-state index in [1.807, 2.05) is 54.6 Å². The van der Waals surface area contributed by atoms with E-state index in [0.717, 1.165) is 34.1 Å². The molecule has 22 heavy (non-hydrogen) atoms. The molecule has 4 heteroatoms. The van der Waals surface area contributed by atoms with Crippen LogP contribution in [-0.2, 0) is 6.54 Å². The van der Waals surface area contributed by atoms with Crippen molar-refractivity contribution in [3.05, 3.63) is 77.4 Å². The van der Waals surface area contributed by atoms with Gasteiger partial charge in [-0.2, -0.15) is 0 Å². The number of H-pyrrole nitrogens is 1. The number of aromatic nitrogens is 3. The highest BCUT2D eigenvalue weighted by Crippen LogP contribution is 2.22. The lowest BCUT2D eigenvalue weighted by Gasteiger charge is -2.07. The number of halogens is 1. The Balaban J connectivity index is 1.71. The van der Waals surface area contributed by atoms with Crippen LogP contribution in [0.2, 0.25) is 5.02 Å². The van der Waals surface area contributed by atoms with Crippen molar-refractivity contribution in [2.45, 2.75) is 6.54 Å². The second-order valence-electron chi connectivity index (χ2n) is 5.25. The van der Waals surface area contributed by atoms with Gasteiger partial charge in [0, 0.05) is 17.8 Å². The fourth-order valence-electron chi connectivity index (χ4n) is 2.63. The molecule has 0 atom stereocenters. The van der Waals surface area contributed by atoms with Crippen LogP contribution in [-0.4, -0.2) is 14.5 Å². The van der Waals surface area contributed by atoms with Crippen molar-refractivity contribution in [3.63, 3.8) is 0 Å². The monoisotopic (exact) mass is 307 g/mol. The average Bonchev–Trinajstić information content (AvgIpc) is 3.15. The molecular formula is C18H14ClN3. The van der Waals surface area contributed by atoms with Crippen molar-refractivity contribution >= 4 is 22.6 Å². The number of para-hydroxylation sites is 2. The van der Waals surface area contributed by atoms with E-state index in [0.29, 0.717) is 0 Å². The number of hydrogen-bond donors (Lipinski definition) is 1. The summed E-state index contributed by atoms with van der Waals surface area (Å²) in [7, 11) is 0. The van der Waals surface area contributed by atoms with E-state index in [4.69, 9.17) is 11.6 Å². The topological polar surface area (TPSA) is 33.6 Å². The minimum Gasteiger partial charge on any atom is -0.341 e. The van der Waals surface area contributed by atoms with Crippen LogP contribution in [0.5, 0.6) is 0 Å². The fraction of sp³-hybridized carbons (Fsp3) is 0.0556. The van der Waals surface area contributed by atoms with Gasteiger partial charge in [-0.05, 0) is 42.0 Å². The summed E-state index contributed by atoms with van der Waals surface area (Å²) in [6.45, 7) is 0.788. The van der Waals surface area contributed by atoms with Crippen LogP contribution in [0.15, 0.2) is 66.9 Å². The molecule has 108 valence electrons. The SMILES string of the molecule is Clc1ccc(Cn2cccc2-c2nc3ccccc3[nH]2)cc1. The largest absolute Gasteiger partial charge is 0.341 e. The first-order valence-corrected chi connectivity index (χ1v) is 7.52. The predicted octanol–water partition coefficient (Wildman–Crippen LogP) is 4.73. The van der Waals surface area contributed by atoms with Crippen molar-refractivity contribution in [1.82, 2.24) is 14.5 Å². The molecule has 0 aliphatic carbocycles. The highest BCUT2D eigenvalue weighted by atomic mass is 35.5. The Morgan fingerprint density at radius 2 is 1.77 bits per heavy atom. The number of hydrogen-bond acceptors (Lipinski definition) is 1. The molecule has 1 N–H and O–H groups in total. The summed E-state index contributed by atoms with van der Waals surface area (Å²) >= 11 is 5.94. The molecule has 0 spiro atoms. The Hall–Kier alpha value is -2.52. The van der Waals surface area contributed by atoms with Gasteiger partial charge in [0.1, 0.15) is 0 Å². The summed E-state index contributed by atoms with van der Waals surface area (Å²) in [5.41, 5.74) is 4.32. The minimum absolute atomic E-state index is 0.758. The Kier molecular flexibility index (Phi) is 3.20. The average molecular weight is 308 g/mol. The molecule has 4 aromatic rings. The van der Waals surface area contributed by atoms with Gasteiger partial charge in [0.2, 0.25) is 0 Å². The number of imidazole rings is 1.